The molecule has 1 aliphatic heterocycles. The van der Waals surface area contributed by atoms with Gasteiger partial charge in [0, 0.05) is 54.5 Å². The molecule has 0 radical (unpaired) electrons. The van der Waals surface area contributed by atoms with Crippen LogP contribution >= 0.6 is 11.3 Å². The second-order valence-electron chi connectivity index (χ2n) is 6.60. The third kappa shape index (κ3) is 2.89. The monoisotopic (exact) mass is 347 g/mol. The van der Waals surface area contributed by atoms with Gasteiger partial charge in [-0.05, 0) is 33.8 Å². The lowest BCUT2D eigenvalue weighted by Crippen LogP contribution is -2.50. The molecule has 1 saturated heterocycles. The van der Waals surface area contributed by atoms with Gasteiger partial charge in [-0.1, -0.05) is 0 Å². The first kappa shape index (κ1) is 17.2. The van der Waals surface area contributed by atoms with Crippen LogP contribution in [-0.4, -0.2) is 52.5 Å². The van der Waals surface area contributed by atoms with Crippen molar-refractivity contribution in [2.75, 3.05) is 26.2 Å². The molecular formula is C18H25N3O2S. The maximum atomic E-state index is 13.1. The fourth-order valence-electron chi connectivity index (χ4n) is 3.37. The molecule has 0 aromatic carbocycles. The number of carbonyl (C=O) groups excluding carboxylic acids is 1. The van der Waals surface area contributed by atoms with Crippen molar-refractivity contribution in [3.63, 3.8) is 0 Å². The smallest absolute Gasteiger partial charge is 0.260 e. The van der Waals surface area contributed by atoms with Crippen LogP contribution in [0.25, 0.3) is 10.1 Å². The van der Waals surface area contributed by atoms with E-state index in [0.29, 0.717) is 23.5 Å². The molecule has 0 aliphatic carbocycles. The van der Waals surface area contributed by atoms with Gasteiger partial charge >= 0.3 is 0 Å². The third-order valence-electron chi connectivity index (χ3n) is 4.88. The van der Waals surface area contributed by atoms with Crippen molar-refractivity contribution in [1.29, 1.82) is 0 Å². The summed E-state index contributed by atoms with van der Waals surface area (Å²) in [6.45, 7) is 12.1. The quantitative estimate of drug-likeness (QED) is 0.857. The second-order valence-corrected chi connectivity index (χ2v) is 7.86. The van der Waals surface area contributed by atoms with Crippen LogP contribution in [0, 0.1) is 6.92 Å². The number of nitrogens with zero attached hydrogens (tertiary/aromatic N) is 3. The second kappa shape index (κ2) is 6.69. The molecular weight excluding hydrogens is 322 g/mol. The highest BCUT2D eigenvalue weighted by Crippen LogP contribution is 2.29. The number of amides is 1. The van der Waals surface area contributed by atoms with Gasteiger partial charge in [0.05, 0.1) is 10.9 Å². The minimum atomic E-state index is -0.0523. The van der Waals surface area contributed by atoms with Gasteiger partial charge in [0.15, 0.2) is 0 Å². The van der Waals surface area contributed by atoms with Gasteiger partial charge in [-0.25, -0.2) is 0 Å². The summed E-state index contributed by atoms with van der Waals surface area (Å²) in [6.07, 6.45) is 1.82. The van der Waals surface area contributed by atoms with Gasteiger partial charge in [0.1, 0.15) is 0 Å². The fourth-order valence-corrected chi connectivity index (χ4v) is 4.41. The van der Waals surface area contributed by atoms with Crippen molar-refractivity contribution in [2.45, 2.75) is 40.3 Å². The van der Waals surface area contributed by atoms with E-state index in [0.717, 1.165) is 35.8 Å². The van der Waals surface area contributed by atoms with Crippen molar-refractivity contribution >= 4 is 27.3 Å². The van der Waals surface area contributed by atoms with Gasteiger partial charge < -0.3 is 9.47 Å². The average molecular weight is 347 g/mol. The molecule has 1 amide bonds. The van der Waals surface area contributed by atoms with E-state index in [2.05, 4.69) is 18.7 Å². The Balaban J connectivity index is 1.96. The zero-order valence-electron chi connectivity index (χ0n) is 14.8. The first-order chi connectivity index (χ1) is 11.4. The largest absolute Gasteiger partial charge is 0.336 e. The molecule has 0 atom stereocenters. The van der Waals surface area contributed by atoms with Crippen LogP contribution in [0.15, 0.2) is 17.1 Å². The highest BCUT2D eigenvalue weighted by molar-refractivity contribution is 7.19. The molecule has 3 heterocycles. The normalized spacial score (nSPS) is 16.3. The number of piperazine rings is 1. The predicted molar refractivity (Wildman–Crippen MR) is 99.1 cm³/mol. The lowest BCUT2D eigenvalue weighted by atomic mass is 10.1. The Morgan fingerprint density at radius 1 is 1.25 bits per heavy atom. The summed E-state index contributed by atoms with van der Waals surface area (Å²) in [6, 6.07) is 2.45. The number of thiophene rings is 1. The zero-order chi connectivity index (χ0) is 17.4. The number of aromatic nitrogens is 1. The van der Waals surface area contributed by atoms with Gasteiger partial charge in [-0.3, -0.25) is 14.5 Å². The van der Waals surface area contributed by atoms with E-state index in [1.807, 2.05) is 31.0 Å². The lowest BCUT2D eigenvalue weighted by Gasteiger charge is -2.37. The van der Waals surface area contributed by atoms with Crippen LogP contribution in [0.3, 0.4) is 0 Å². The molecule has 3 rings (SSSR count). The van der Waals surface area contributed by atoms with E-state index in [9.17, 15) is 9.59 Å². The minimum absolute atomic E-state index is 0.00751. The summed E-state index contributed by atoms with van der Waals surface area (Å²) >= 11 is 1.54. The van der Waals surface area contributed by atoms with E-state index in [1.54, 1.807) is 4.57 Å². The molecule has 0 saturated carbocycles. The lowest BCUT2D eigenvalue weighted by molar-refractivity contribution is 0.0597. The standard InChI is InChI=1S/C18H25N3O2S/c1-5-19-7-6-14-16(18(19)23)15(13(4)24-14)17(22)21-10-8-20(9-11-21)12(2)3/h6-7,12H,5,8-11H2,1-4H3. The Bertz CT molecular complexity index is 814. The Morgan fingerprint density at radius 3 is 2.50 bits per heavy atom. The van der Waals surface area contributed by atoms with Crippen molar-refractivity contribution in [1.82, 2.24) is 14.4 Å². The van der Waals surface area contributed by atoms with Crippen molar-refractivity contribution in [2.24, 2.45) is 0 Å². The van der Waals surface area contributed by atoms with E-state index in [-0.39, 0.29) is 11.5 Å². The first-order valence-corrected chi connectivity index (χ1v) is 9.41. The predicted octanol–water partition coefficient (Wildman–Crippen LogP) is 2.56. The Labute approximate surface area is 146 Å². The number of hydrogen-bond acceptors (Lipinski definition) is 4. The molecule has 24 heavy (non-hydrogen) atoms. The molecule has 0 bridgehead atoms. The summed E-state index contributed by atoms with van der Waals surface area (Å²) in [7, 11) is 0. The third-order valence-corrected chi connectivity index (χ3v) is 5.95. The SMILES string of the molecule is CCn1ccc2sc(C)c(C(=O)N3CCN(C(C)C)CC3)c2c1=O. The summed E-state index contributed by atoms with van der Waals surface area (Å²) in [4.78, 5) is 31.0. The van der Waals surface area contributed by atoms with Crippen LogP contribution < -0.4 is 5.56 Å². The Hall–Kier alpha value is -1.66. The number of hydrogen-bond donors (Lipinski definition) is 0. The van der Waals surface area contributed by atoms with E-state index < -0.39 is 0 Å². The average Bonchev–Trinajstić information content (AvgIpc) is 2.91. The maximum Gasteiger partial charge on any atom is 0.260 e. The van der Waals surface area contributed by atoms with E-state index >= 15 is 0 Å². The Kier molecular flexibility index (Phi) is 4.78. The number of pyridine rings is 1. The molecule has 2 aromatic heterocycles. The van der Waals surface area contributed by atoms with Gasteiger partial charge in [-0.2, -0.15) is 0 Å². The van der Waals surface area contributed by atoms with Crippen molar-refractivity contribution in [3.05, 3.63) is 33.1 Å². The topological polar surface area (TPSA) is 45.6 Å². The minimum Gasteiger partial charge on any atom is -0.336 e. The number of carbonyl (C=O) groups is 1. The molecule has 0 N–H and O–H groups in total. The molecule has 1 fully saturated rings. The number of rotatable bonds is 3. The van der Waals surface area contributed by atoms with E-state index in [1.165, 1.54) is 11.3 Å². The zero-order valence-corrected chi connectivity index (χ0v) is 15.7. The molecule has 5 nitrogen and oxygen atoms in total. The maximum absolute atomic E-state index is 13.1. The van der Waals surface area contributed by atoms with Crippen LogP contribution in [0.2, 0.25) is 0 Å². The number of fused-ring (bicyclic) bond motifs is 1. The Morgan fingerprint density at radius 2 is 1.92 bits per heavy atom. The number of aryl methyl sites for hydroxylation is 2. The van der Waals surface area contributed by atoms with Crippen LogP contribution in [0.1, 0.15) is 36.0 Å². The molecule has 0 spiro atoms. The molecule has 6 heteroatoms. The molecule has 0 unspecified atom stereocenters. The molecule has 2 aromatic rings. The van der Waals surface area contributed by atoms with Crippen molar-refractivity contribution in [3.8, 4) is 0 Å². The summed E-state index contributed by atoms with van der Waals surface area (Å²) < 4.78 is 2.58. The van der Waals surface area contributed by atoms with E-state index in [4.69, 9.17) is 0 Å². The van der Waals surface area contributed by atoms with Crippen molar-refractivity contribution < 1.29 is 4.79 Å². The van der Waals surface area contributed by atoms with Crippen LogP contribution in [0.5, 0.6) is 0 Å². The van der Waals surface area contributed by atoms with Crippen LogP contribution in [-0.2, 0) is 6.54 Å². The van der Waals surface area contributed by atoms with Gasteiger partial charge in [0.25, 0.3) is 11.5 Å². The van der Waals surface area contributed by atoms with Gasteiger partial charge in [-0.15, -0.1) is 11.3 Å². The highest BCUT2D eigenvalue weighted by atomic mass is 32.1. The first-order valence-electron chi connectivity index (χ1n) is 8.60. The fraction of sp³-hybridized carbons (Fsp3) is 0.556. The highest BCUT2D eigenvalue weighted by Gasteiger charge is 2.27. The van der Waals surface area contributed by atoms with Gasteiger partial charge in [0.2, 0.25) is 0 Å². The summed E-state index contributed by atoms with van der Waals surface area (Å²) in [5, 5.41) is 0.595. The molecule has 130 valence electrons. The molecule has 1 aliphatic rings. The summed E-state index contributed by atoms with van der Waals surface area (Å²) in [5.74, 6) is 0.00751. The van der Waals surface area contributed by atoms with Crippen LogP contribution in [0.4, 0.5) is 0 Å². The summed E-state index contributed by atoms with van der Waals surface area (Å²) in [5.41, 5.74) is 0.560.